The maximum Gasteiger partial charge on any atom is 0.227 e. The molecule has 20 heavy (non-hydrogen) atoms. The van der Waals surface area contributed by atoms with Crippen molar-refractivity contribution in [2.24, 2.45) is 0 Å². The lowest BCUT2D eigenvalue weighted by molar-refractivity contribution is 0.451. The van der Waals surface area contributed by atoms with E-state index in [-0.39, 0.29) is 5.92 Å². The predicted octanol–water partition coefficient (Wildman–Crippen LogP) is 4.05. The number of hydrogen-bond acceptors (Lipinski definition) is 4. The van der Waals surface area contributed by atoms with Crippen molar-refractivity contribution in [3.8, 4) is 11.6 Å². The van der Waals surface area contributed by atoms with E-state index in [1.54, 1.807) is 0 Å². The number of aryl methyl sites for hydroxylation is 2. The Labute approximate surface area is 120 Å². The van der Waals surface area contributed by atoms with Crippen LogP contribution in [0.15, 0.2) is 24.5 Å². The average Bonchev–Trinajstić information content (AvgIpc) is 2.42. The Hall–Kier alpha value is -2.10. The van der Waals surface area contributed by atoms with Crippen LogP contribution in [-0.4, -0.2) is 17.0 Å². The third kappa shape index (κ3) is 2.90. The van der Waals surface area contributed by atoms with E-state index in [1.807, 2.05) is 19.2 Å². The fraction of sp³-hybridized carbons (Fsp3) is 0.375. The van der Waals surface area contributed by atoms with Gasteiger partial charge in [-0.05, 0) is 43.0 Å². The van der Waals surface area contributed by atoms with E-state index in [2.05, 4.69) is 49.0 Å². The molecule has 1 aromatic carbocycles. The minimum atomic E-state index is 0.278. The van der Waals surface area contributed by atoms with Crippen LogP contribution >= 0.6 is 0 Å². The van der Waals surface area contributed by atoms with Crippen molar-refractivity contribution in [2.75, 3.05) is 12.4 Å². The van der Waals surface area contributed by atoms with Crippen LogP contribution in [0.5, 0.6) is 11.6 Å². The molecule has 0 bridgehead atoms. The predicted molar refractivity (Wildman–Crippen MR) is 81.7 cm³/mol. The molecule has 0 saturated carbocycles. The SMILES string of the molecule is CNc1ncnc(Oc2ccc(C)c(C)c2)c1C(C)C. The summed E-state index contributed by atoms with van der Waals surface area (Å²) >= 11 is 0. The second kappa shape index (κ2) is 5.90. The van der Waals surface area contributed by atoms with E-state index in [0.717, 1.165) is 17.1 Å². The highest BCUT2D eigenvalue weighted by Crippen LogP contribution is 2.33. The van der Waals surface area contributed by atoms with Crippen molar-refractivity contribution in [2.45, 2.75) is 33.6 Å². The van der Waals surface area contributed by atoms with Gasteiger partial charge in [0.25, 0.3) is 0 Å². The Morgan fingerprint density at radius 2 is 1.85 bits per heavy atom. The molecule has 106 valence electrons. The lowest BCUT2D eigenvalue weighted by Crippen LogP contribution is -2.04. The van der Waals surface area contributed by atoms with E-state index in [0.29, 0.717) is 5.88 Å². The molecule has 2 rings (SSSR count). The first-order valence-electron chi connectivity index (χ1n) is 6.80. The average molecular weight is 271 g/mol. The molecule has 0 radical (unpaired) electrons. The molecule has 0 aliphatic heterocycles. The molecule has 0 spiro atoms. The highest BCUT2D eigenvalue weighted by Gasteiger charge is 2.16. The molecule has 2 aromatic rings. The van der Waals surface area contributed by atoms with Crippen molar-refractivity contribution in [3.63, 3.8) is 0 Å². The van der Waals surface area contributed by atoms with Crippen LogP contribution in [0.2, 0.25) is 0 Å². The Morgan fingerprint density at radius 3 is 2.45 bits per heavy atom. The fourth-order valence-corrected chi connectivity index (χ4v) is 2.07. The number of aromatic nitrogens is 2. The summed E-state index contributed by atoms with van der Waals surface area (Å²) in [6, 6.07) is 6.05. The van der Waals surface area contributed by atoms with Crippen LogP contribution in [0, 0.1) is 13.8 Å². The van der Waals surface area contributed by atoms with Crippen molar-refractivity contribution >= 4 is 5.82 Å². The quantitative estimate of drug-likeness (QED) is 0.911. The van der Waals surface area contributed by atoms with Crippen LogP contribution in [-0.2, 0) is 0 Å². The van der Waals surface area contributed by atoms with Crippen molar-refractivity contribution in [1.82, 2.24) is 9.97 Å². The topological polar surface area (TPSA) is 47.0 Å². The molecule has 0 amide bonds. The van der Waals surface area contributed by atoms with Gasteiger partial charge in [0.2, 0.25) is 5.88 Å². The first-order valence-corrected chi connectivity index (χ1v) is 6.80. The summed E-state index contributed by atoms with van der Waals surface area (Å²) in [6.45, 7) is 8.37. The molecule has 1 aromatic heterocycles. The third-order valence-electron chi connectivity index (χ3n) is 3.35. The summed E-state index contributed by atoms with van der Waals surface area (Å²) in [5.41, 5.74) is 3.45. The summed E-state index contributed by atoms with van der Waals surface area (Å²) in [5.74, 6) is 2.51. The molecule has 0 atom stereocenters. The van der Waals surface area contributed by atoms with E-state index in [9.17, 15) is 0 Å². The number of nitrogens with zero attached hydrogens (tertiary/aromatic N) is 2. The largest absolute Gasteiger partial charge is 0.439 e. The lowest BCUT2D eigenvalue weighted by Gasteiger charge is -2.16. The summed E-state index contributed by atoms with van der Waals surface area (Å²) in [7, 11) is 1.86. The number of anilines is 1. The van der Waals surface area contributed by atoms with Gasteiger partial charge >= 0.3 is 0 Å². The first-order chi connectivity index (χ1) is 9.52. The number of rotatable bonds is 4. The van der Waals surface area contributed by atoms with Crippen LogP contribution < -0.4 is 10.1 Å². The number of ether oxygens (including phenoxy) is 1. The van der Waals surface area contributed by atoms with Gasteiger partial charge in [0.1, 0.15) is 17.9 Å². The van der Waals surface area contributed by atoms with Crippen LogP contribution in [0.3, 0.4) is 0 Å². The third-order valence-corrected chi connectivity index (χ3v) is 3.35. The molecule has 4 nitrogen and oxygen atoms in total. The minimum absolute atomic E-state index is 0.278. The van der Waals surface area contributed by atoms with Gasteiger partial charge in [0, 0.05) is 7.05 Å². The summed E-state index contributed by atoms with van der Waals surface area (Å²) in [6.07, 6.45) is 1.52. The molecule has 4 heteroatoms. The zero-order valence-corrected chi connectivity index (χ0v) is 12.7. The van der Waals surface area contributed by atoms with E-state index < -0.39 is 0 Å². The normalized spacial score (nSPS) is 10.7. The maximum atomic E-state index is 5.96. The van der Waals surface area contributed by atoms with Gasteiger partial charge in [-0.25, -0.2) is 9.97 Å². The van der Waals surface area contributed by atoms with Crippen molar-refractivity contribution < 1.29 is 4.74 Å². The minimum Gasteiger partial charge on any atom is -0.439 e. The Morgan fingerprint density at radius 1 is 1.10 bits per heavy atom. The monoisotopic (exact) mass is 271 g/mol. The van der Waals surface area contributed by atoms with Crippen LogP contribution in [0.25, 0.3) is 0 Å². The van der Waals surface area contributed by atoms with Crippen LogP contribution in [0.4, 0.5) is 5.82 Å². The van der Waals surface area contributed by atoms with Gasteiger partial charge in [0.15, 0.2) is 0 Å². The zero-order chi connectivity index (χ0) is 14.7. The zero-order valence-electron chi connectivity index (χ0n) is 12.7. The molecular weight excluding hydrogens is 250 g/mol. The second-order valence-electron chi connectivity index (χ2n) is 5.19. The first kappa shape index (κ1) is 14.3. The Balaban J connectivity index is 2.40. The highest BCUT2D eigenvalue weighted by atomic mass is 16.5. The van der Waals surface area contributed by atoms with Gasteiger partial charge < -0.3 is 10.1 Å². The van der Waals surface area contributed by atoms with E-state index in [1.165, 1.54) is 17.5 Å². The Bertz CT molecular complexity index is 609. The standard InChI is InChI=1S/C16H21N3O/c1-10(2)14-15(17-5)18-9-19-16(14)20-13-7-6-11(3)12(4)8-13/h6-10H,1-5H3,(H,17,18,19). The smallest absolute Gasteiger partial charge is 0.227 e. The van der Waals surface area contributed by atoms with Gasteiger partial charge in [-0.1, -0.05) is 19.9 Å². The summed E-state index contributed by atoms with van der Waals surface area (Å²) in [5, 5.41) is 3.09. The number of nitrogens with one attached hydrogen (secondary N) is 1. The van der Waals surface area contributed by atoms with Crippen molar-refractivity contribution in [3.05, 3.63) is 41.2 Å². The molecule has 0 fully saturated rings. The molecule has 0 aliphatic carbocycles. The highest BCUT2D eigenvalue weighted by molar-refractivity contribution is 5.51. The molecule has 0 saturated heterocycles. The van der Waals surface area contributed by atoms with Gasteiger partial charge in [-0.3, -0.25) is 0 Å². The Kier molecular flexibility index (Phi) is 4.23. The van der Waals surface area contributed by atoms with Gasteiger partial charge in [-0.2, -0.15) is 0 Å². The van der Waals surface area contributed by atoms with E-state index in [4.69, 9.17) is 4.74 Å². The molecule has 1 N–H and O–H groups in total. The molecule has 0 unspecified atom stereocenters. The second-order valence-corrected chi connectivity index (χ2v) is 5.19. The van der Waals surface area contributed by atoms with Gasteiger partial charge in [0.05, 0.1) is 5.56 Å². The summed E-state index contributed by atoms with van der Waals surface area (Å²) in [4.78, 5) is 8.53. The molecular formula is C16H21N3O. The number of benzene rings is 1. The van der Waals surface area contributed by atoms with Gasteiger partial charge in [-0.15, -0.1) is 0 Å². The van der Waals surface area contributed by atoms with Crippen LogP contribution in [0.1, 0.15) is 36.5 Å². The number of hydrogen-bond donors (Lipinski definition) is 1. The fourth-order valence-electron chi connectivity index (χ4n) is 2.07. The lowest BCUT2D eigenvalue weighted by atomic mass is 10.1. The summed E-state index contributed by atoms with van der Waals surface area (Å²) < 4.78 is 5.96. The van der Waals surface area contributed by atoms with E-state index >= 15 is 0 Å². The van der Waals surface area contributed by atoms with Crippen molar-refractivity contribution in [1.29, 1.82) is 0 Å². The molecule has 0 aliphatic rings. The molecule has 1 heterocycles. The maximum absolute atomic E-state index is 5.96.